The summed E-state index contributed by atoms with van der Waals surface area (Å²) in [4.78, 5) is 22.8. The maximum absolute atomic E-state index is 11.6. The smallest absolute Gasteiger partial charge is 0.349 e. The molecule has 1 aromatic carbocycles. The molecule has 1 aromatic heterocycles. The summed E-state index contributed by atoms with van der Waals surface area (Å²) in [6.07, 6.45) is 6.33. The van der Waals surface area contributed by atoms with Crippen molar-refractivity contribution in [2.75, 3.05) is 11.9 Å². The number of carbonyl (C=O) groups is 2. The molecule has 0 saturated heterocycles. The predicted octanol–water partition coefficient (Wildman–Crippen LogP) is 5.61. The second kappa shape index (κ2) is 9.50. The molecule has 29 heavy (non-hydrogen) atoms. The van der Waals surface area contributed by atoms with E-state index in [4.69, 9.17) is 21.4 Å². The van der Waals surface area contributed by atoms with E-state index in [1.807, 2.05) is 24.3 Å². The number of carboxylic acid groups (broad SMARTS) is 2. The topological polar surface area (TPSA) is 95.9 Å². The van der Waals surface area contributed by atoms with E-state index in [2.05, 4.69) is 12.2 Å². The number of aliphatic carboxylic acids is 1. The van der Waals surface area contributed by atoms with Gasteiger partial charge in [-0.1, -0.05) is 43.0 Å². The molecule has 1 unspecified atom stereocenters. The molecule has 1 atom stereocenters. The summed E-state index contributed by atoms with van der Waals surface area (Å²) < 4.78 is 5.15. The minimum atomic E-state index is -1.20. The number of benzene rings is 1. The van der Waals surface area contributed by atoms with Crippen LogP contribution >= 0.6 is 22.9 Å². The lowest BCUT2D eigenvalue weighted by Crippen LogP contribution is -2.27. The maximum atomic E-state index is 11.6. The van der Waals surface area contributed by atoms with Gasteiger partial charge in [-0.2, -0.15) is 0 Å². The summed E-state index contributed by atoms with van der Waals surface area (Å²) in [7, 11) is 0. The van der Waals surface area contributed by atoms with Crippen LogP contribution in [0.2, 0.25) is 5.02 Å². The van der Waals surface area contributed by atoms with Crippen molar-refractivity contribution in [2.45, 2.75) is 45.1 Å². The number of aromatic carboxylic acids is 1. The standard InChI is InChI=1S/C21H24ClNO5S/c1-12(13-6-3-2-4-7-13)23-15-9-5-8-14(10-15)19-17(22)18(28-11-16(24)25)20(29-19)21(26)27/h5,8-10,12-13,23H,2-4,6-7,11H2,1H3,(H,24,25)(H,26,27). The van der Waals surface area contributed by atoms with Gasteiger partial charge in [0.2, 0.25) is 0 Å². The van der Waals surface area contributed by atoms with Crippen molar-refractivity contribution in [1.82, 2.24) is 0 Å². The van der Waals surface area contributed by atoms with Crippen LogP contribution in [-0.2, 0) is 4.79 Å². The number of hydrogen-bond acceptors (Lipinski definition) is 5. The molecule has 0 aliphatic heterocycles. The van der Waals surface area contributed by atoms with Gasteiger partial charge in [-0.05, 0) is 43.4 Å². The summed E-state index contributed by atoms with van der Waals surface area (Å²) in [5.74, 6) is -1.86. The molecule has 1 aliphatic rings. The van der Waals surface area contributed by atoms with E-state index in [-0.39, 0.29) is 15.6 Å². The van der Waals surface area contributed by atoms with Crippen molar-refractivity contribution in [1.29, 1.82) is 0 Å². The fourth-order valence-electron chi connectivity index (χ4n) is 3.75. The van der Waals surface area contributed by atoms with Gasteiger partial charge in [0.05, 0.1) is 4.88 Å². The lowest BCUT2D eigenvalue weighted by Gasteiger charge is -2.29. The van der Waals surface area contributed by atoms with Crippen molar-refractivity contribution in [3.8, 4) is 16.2 Å². The molecule has 1 heterocycles. The van der Waals surface area contributed by atoms with Crippen molar-refractivity contribution in [3.63, 3.8) is 0 Å². The van der Waals surface area contributed by atoms with Crippen molar-refractivity contribution in [2.24, 2.45) is 5.92 Å². The molecule has 1 saturated carbocycles. The zero-order valence-corrected chi connectivity index (χ0v) is 17.7. The molecule has 3 rings (SSSR count). The van der Waals surface area contributed by atoms with Crippen LogP contribution in [0.3, 0.4) is 0 Å². The fraction of sp³-hybridized carbons (Fsp3) is 0.429. The Morgan fingerprint density at radius 1 is 1.28 bits per heavy atom. The molecule has 1 fully saturated rings. The summed E-state index contributed by atoms with van der Waals surface area (Å²) in [5.41, 5.74) is 1.70. The number of thiophene rings is 1. The van der Waals surface area contributed by atoms with Gasteiger partial charge >= 0.3 is 11.9 Å². The molecule has 0 radical (unpaired) electrons. The first-order valence-electron chi connectivity index (χ1n) is 9.64. The molecule has 0 spiro atoms. The zero-order chi connectivity index (χ0) is 21.0. The summed E-state index contributed by atoms with van der Waals surface area (Å²) >= 11 is 7.36. The second-order valence-electron chi connectivity index (χ2n) is 7.30. The van der Waals surface area contributed by atoms with Gasteiger partial charge in [-0.25, -0.2) is 9.59 Å². The average Bonchev–Trinajstić information content (AvgIpc) is 3.04. The number of nitrogens with one attached hydrogen (secondary N) is 1. The minimum Gasteiger partial charge on any atom is -0.479 e. The Kier molecular flexibility index (Phi) is 7.03. The third-order valence-electron chi connectivity index (χ3n) is 5.22. The van der Waals surface area contributed by atoms with Crippen LogP contribution in [0.1, 0.15) is 48.7 Å². The molecule has 0 bridgehead atoms. The Morgan fingerprint density at radius 2 is 2.00 bits per heavy atom. The Labute approximate surface area is 178 Å². The minimum absolute atomic E-state index is 0.101. The SMILES string of the molecule is CC(Nc1cccc(-c2sc(C(=O)O)c(OCC(=O)O)c2Cl)c1)C1CCCCC1. The predicted molar refractivity (Wildman–Crippen MR) is 115 cm³/mol. The van der Waals surface area contributed by atoms with Crippen LogP contribution in [0.5, 0.6) is 5.75 Å². The monoisotopic (exact) mass is 437 g/mol. The van der Waals surface area contributed by atoms with Crippen LogP contribution in [-0.4, -0.2) is 34.8 Å². The van der Waals surface area contributed by atoms with Gasteiger partial charge in [0, 0.05) is 11.7 Å². The number of rotatable bonds is 8. The molecule has 8 heteroatoms. The number of hydrogen-bond donors (Lipinski definition) is 3. The average molecular weight is 438 g/mol. The third kappa shape index (κ3) is 5.22. The molecule has 0 amide bonds. The van der Waals surface area contributed by atoms with E-state index in [1.165, 1.54) is 32.1 Å². The second-order valence-corrected chi connectivity index (χ2v) is 8.70. The molecule has 3 N–H and O–H groups in total. The maximum Gasteiger partial charge on any atom is 0.349 e. The Hall–Kier alpha value is -2.25. The summed E-state index contributed by atoms with van der Waals surface area (Å²) in [5, 5.41) is 22.0. The van der Waals surface area contributed by atoms with Gasteiger partial charge in [-0.3, -0.25) is 0 Å². The molecule has 156 valence electrons. The first-order valence-corrected chi connectivity index (χ1v) is 10.8. The van der Waals surface area contributed by atoms with E-state index in [0.717, 1.165) is 22.6 Å². The lowest BCUT2D eigenvalue weighted by molar-refractivity contribution is -0.139. The van der Waals surface area contributed by atoms with Gasteiger partial charge in [0.15, 0.2) is 17.2 Å². The normalized spacial score (nSPS) is 15.7. The van der Waals surface area contributed by atoms with E-state index in [9.17, 15) is 14.7 Å². The van der Waals surface area contributed by atoms with Gasteiger partial charge in [0.25, 0.3) is 0 Å². The van der Waals surface area contributed by atoms with Gasteiger partial charge in [-0.15, -0.1) is 11.3 Å². The van der Waals surface area contributed by atoms with Crippen LogP contribution in [0, 0.1) is 5.92 Å². The summed E-state index contributed by atoms with van der Waals surface area (Å²) in [6, 6.07) is 7.99. The number of anilines is 1. The lowest BCUT2D eigenvalue weighted by atomic mass is 9.84. The quantitative estimate of drug-likeness (QED) is 0.496. The van der Waals surface area contributed by atoms with Crippen molar-refractivity contribution >= 4 is 40.6 Å². The van der Waals surface area contributed by atoms with Crippen LogP contribution in [0.15, 0.2) is 24.3 Å². The van der Waals surface area contributed by atoms with Crippen LogP contribution in [0.4, 0.5) is 5.69 Å². The van der Waals surface area contributed by atoms with Crippen molar-refractivity contribution in [3.05, 3.63) is 34.2 Å². The number of carboxylic acids is 2. The molecule has 1 aliphatic carbocycles. The first-order chi connectivity index (χ1) is 13.9. The van der Waals surface area contributed by atoms with E-state index < -0.39 is 18.5 Å². The highest BCUT2D eigenvalue weighted by Gasteiger charge is 2.25. The largest absolute Gasteiger partial charge is 0.479 e. The Balaban J connectivity index is 1.85. The van der Waals surface area contributed by atoms with Gasteiger partial charge < -0.3 is 20.3 Å². The Bertz CT molecular complexity index is 891. The molecule has 2 aromatic rings. The fourth-order valence-corrected chi connectivity index (χ4v) is 5.15. The van der Waals surface area contributed by atoms with Crippen LogP contribution in [0.25, 0.3) is 10.4 Å². The van der Waals surface area contributed by atoms with E-state index in [0.29, 0.717) is 16.8 Å². The first kappa shape index (κ1) is 21.5. The molecular formula is C21H24ClNO5S. The summed E-state index contributed by atoms with van der Waals surface area (Å²) in [6.45, 7) is 1.54. The third-order valence-corrected chi connectivity index (χ3v) is 6.90. The van der Waals surface area contributed by atoms with E-state index in [1.54, 1.807) is 0 Å². The Morgan fingerprint density at radius 3 is 2.66 bits per heavy atom. The van der Waals surface area contributed by atoms with Crippen molar-refractivity contribution < 1.29 is 24.5 Å². The van der Waals surface area contributed by atoms with Crippen LogP contribution < -0.4 is 10.1 Å². The molecule has 6 nitrogen and oxygen atoms in total. The van der Waals surface area contributed by atoms with Gasteiger partial charge in [0.1, 0.15) is 5.02 Å². The van der Waals surface area contributed by atoms with E-state index >= 15 is 0 Å². The number of halogens is 1. The highest BCUT2D eigenvalue weighted by molar-refractivity contribution is 7.18. The molecular weight excluding hydrogens is 414 g/mol. The highest BCUT2D eigenvalue weighted by atomic mass is 35.5. The zero-order valence-electron chi connectivity index (χ0n) is 16.1. The number of ether oxygens (including phenoxy) is 1. The highest BCUT2D eigenvalue weighted by Crippen LogP contribution is 2.46.